The van der Waals surface area contributed by atoms with Gasteiger partial charge in [0.15, 0.2) is 11.5 Å². The highest BCUT2D eigenvalue weighted by Crippen LogP contribution is 2.36. The van der Waals surface area contributed by atoms with Crippen LogP contribution in [0.1, 0.15) is 35.1 Å². The molecule has 1 amide bonds. The molecule has 2 aliphatic rings. The zero-order valence-corrected chi connectivity index (χ0v) is 20.5. The van der Waals surface area contributed by atoms with E-state index < -0.39 is 0 Å². The Hall–Kier alpha value is -3.50. The molecule has 1 aliphatic carbocycles. The standard InChI is InChI=1S/C28H27N3O3S/c1-18-10-12-19(13-11-18)27-22-7-3-2-6-21(22)23(14-29)28(31-27)35-17-26(32)30-15-20-16-33-24-8-4-5-9-25(24)34-20/h4-5,8-13,20H,2-3,6-7,15-17H2,1H3,(H,30,32)/t20-/m0/s1. The first-order valence-electron chi connectivity index (χ1n) is 11.9. The molecule has 0 fully saturated rings. The van der Waals surface area contributed by atoms with Gasteiger partial charge in [-0.1, -0.05) is 53.7 Å². The van der Waals surface area contributed by atoms with Crippen LogP contribution in [-0.2, 0) is 17.6 Å². The minimum atomic E-state index is -0.247. The van der Waals surface area contributed by atoms with Crippen molar-refractivity contribution in [3.8, 4) is 28.8 Å². The number of pyridine rings is 1. The number of nitrogens with zero attached hydrogens (tertiary/aromatic N) is 2. The molecule has 6 nitrogen and oxygen atoms in total. The van der Waals surface area contributed by atoms with Crippen LogP contribution < -0.4 is 14.8 Å². The number of aryl methyl sites for hydroxylation is 1. The Kier molecular flexibility index (Phi) is 6.91. The Morgan fingerprint density at radius 1 is 1.11 bits per heavy atom. The number of ether oxygens (including phenoxy) is 2. The van der Waals surface area contributed by atoms with Gasteiger partial charge >= 0.3 is 0 Å². The summed E-state index contributed by atoms with van der Waals surface area (Å²) in [7, 11) is 0. The number of hydrogen-bond donors (Lipinski definition) is 1. The van der Waals surface area contributed by atoms with Crippen molar-refractivity contribution in [2.75, 3.05) is 18.9 Å². The summed E-state index contributed by atoms with van der Waals surface area (Å²) in [5.74, 6) is 1.46. The van der Waals surface area contributed by atoms with Crippen molar-refractivity contribution in [2.45, 2.75) is 43.7 Å². The summed E-state index contributed by atoms with van der Waals surface area (Å²) in [5.41, 5.74) is 6.08. The van der Waals surface area contributed by atoms with Crippen LogP contribution in [0.15, 0.2) is 53.6 Å². The number of nitrogens with one attached hydrogen (secondary N) is 1. The van der Waals surface area contributed by atoms with Gasteiger partial charge < -0.3 is 14.8 Å². The Balaban J connectivity index is 1.29. The third-order valence-corrected chi connectivity index (χ3v) is 7.33. The zero-order chi connectivity index (χ0) is 24.2. The van der Waals surface area contributed by atoms with Gasteiger partial charge in [-0.2, -0.15) is 5.26 Å². The lowest BCUT2D eigenvalue weighted by molar-refractivity contribution is -0.119. The molecule has 5 rings (SSSR count). The van der Waals surface area contributed by atoms with Crippen molar-refractivity contribution >= 4 is 17.7 Å². The maximum atomic E-state index is 12.6. The van der Waals surface area contributed by atoms with Crippen LogP contribution >= 0.6 is 11.8 Å². The Morgan fingerprint density at radius 3 is 2.63 bits per heavy atom. The van der Waals surface area contributed by atoms with Crippen LogP contribution in [-0.4, -0.2) is 35.9 Å². The molecule has 3 aromatic rings. The number of thioether (sulfide) groups is 1. The number of aromatic nitrogens is 1. The smallest absolute Gasteiger partial charge is 0.230 e. The number of nitriles is 1. The molecule has 0 spiro atoms. The lowest BCUT2D eigenvalue weighted by Gasteiger charge is -2.26. The van der Waals surface area contributed by atoms with Gasteiger partial charge in [-0.3, -0.25) is 4.79 Å². The normalized spacial score (nSPS) is 16.2. The van der Waals surface area contributed by atoms with Crippen molar-refractivity contribution in [3.05, 3.63) is 70.8 Å². The number of benzene rings is 2. The molecule has 2 heterocycles. The second kappa shape index (κ2) is 10.4. The van der Waals surface area contributed by atoms with Crippen LogP contribution in [0, 0.1) is 18.3 Å². The lowest BCUT2D eigenvalue weighted by atomic mass is 9.86. The summed E-state index contributed by atoms with van der Waals surface area (Å²) in [5, 5.41) is 13.5. The Labute approximate surface area is 209 Å². The van der Waals surface area contributed by atoms with Crippen molar-refractivity contribution in [2.24, 2.45) is 0 Å². The van der Waals surface area contributed by atoms with Gasteiger partial charge in [-0.15, -0.1) is 0 Å². The first-order valence-corrected chi connectivity index (χ1v) is 12.9. The fraction of sp³-hybridized carbons (Fsp3) is 0.321. The third kappa shape index (κ3) is 5.13. The van der Waals surface area contributed by atoms with E-state index in [0.717, 1.165) is 48.3 Å². The molecule has 1 N–H and O–H groups in total. The van der Waals surface area contributed by atoms with E-state index >= 15 is 0 Å². The summed E-state index contributed by atoms with van der Waals surface area (Å²) in [6, 6.07) is 18.2. The highest BCUT2D eigenvalue weighted by atomic mass is 32.2. The number of carbonyl (C=O) groups is 1. The van der Waals surface area contributed by atoms with E-state index in [1.807, 2.05) is 24.3 Å². The molecule has 178 valence electrons. The minimum Gasteiger partial charge on any atom is -0.486 e. The molecule has 0 saturated carbocycles. The number of para-hydroxylation sites is 2. The lowest BCUT2D eigenvalue weighted by Crippen LogP contribution is -2.41. The van der Waals surface area contributed by atoms with E-state index in [1.165, 1.54) is 22.9 Å². The van der Waals surface area contributed by atoms with E-state index in [1.54, 1.807) is 0 Å². The Morgan fingerprint density at radius 2 is 1.86 bits per heavy atom. The second-order valence-corrected chi connectivity index (χ2v) is 9.84. The van der Waals surface area contributed by atoms with Crippen molar-refractivity contribution in [3.63, 3.8) is 0 Å². The number of hydrogen-bond acceptors (Lipinski definition) is 6. The van der Waals surface area contributed by atoms with Gasteiger partial charge in [0, 0.05) is 5.56 Å². The van der Waals surface area contributed by atoms with E-state index in [2.05, 4.69) is 42.6 Å². The summed E-state index contributed by atoms with van der Waals surface area (Å²) in [4.78, 5) is 17.6. The first-order chi connectivity index (χ1) is 17.1. The second-order valence-electron chi connectivity index (χ2n) is 8.87. The van der Waals surface area contributed by atoms with Crippen molar-refractivity contribution in [1.82, 2.24) is 10.3 Å². The molecule has 7 heteroatoms. The molecular formula is C28H27N3O3S. The minimum absolute atomic E-state index is 0.127. The van der Waals surface area contributed by atoms with Gasteiger partial charge in [0.05, 0.1) is 23.6 Å². The van der Waals surface area contributed by atoms with E-state index in [4.69, 9.17) is 14.5 Å². The number of amides is 1. The predicted molar refractivity (Wildman–Crippen MR) is 136 cm³/mol. The molecule has 0 bridgehead atoms. The van der Waals surface area contributed by atoms with E-state index in [-0.39, 0.29) is 17.8 Å². The molecule has 0 saturated heterocycles. The van der Waals surface area contributed by atoms with Crippen molar-refractivity contribution in [1.29, 1.82) is 5.26 Å². The molecule has 35 heavy (non-hydrogen) atoms. The SMILES string of the molecule is Cc1ccc(-c2nc(SCC(=O)NC[C@H]3COc4ccccc4O3)c(C#N)c3c2CCCC3)cc1. The van der Waals surface area contributed by atoms with Gasteiger partial charge in [0.25, 0.3) is 0 Å². The first kappa shape index (κ1) is 23.3. The molecule has 1 aliphatic heterocycles. The quantitative estimate of drug-likeness (QED) is 0.502. The van der Waals surface area contributed by atoms with Gasteiger partial charge in [0.2, 0.25) is 5.91 Å². The van der Waals surface area contributed by atoms with Crippen LogP contribution in [0.5, 0.6) is 11.5 Å². The maximum absolute atomic E-state index is 12.6. The number of fused-ring (bicyclic) bond motifs is 2. The molecule has 0 radical (unpaired) electrons. The summed E-state index contributed by atoms with van der Waals surface area (Å²) in [6.45, 7) is 2.80. The van der Waals surface area contributed by atoms with Crippen LogP contribution in [0.25, 0.3) is 11.3 Å². The summed E-state index contributed by atoms with van der Waals surface area (Å²) >= 11 is 1.32. The highest BCUT2D eigenvalue weighted by Gasteiger charge is 2.24. The molecule has 1 aromatic heterocycles. The summed E-state index contributed by atoms with van der Waals surface area (Å²) < 4.78 is 11.6. The predicted octanol–water partition coefficient (Wildman–Crippen LogP) is 4.86. The molecular weight excluding hydrogens is 458 g/mol. The van der Waals surface area contributed by atoms with Crippen LogP contribution in [0.4, 0.5) is 0 Å². The Bertz CT molecular complexity index is 1280. The van der Waals surface area contributed by atoms with E-state index in [0.29, 0.717) is 29.5 Å². The monoisotopic (exact) mass is 485 g/mol. The number of rotatable bonds is 6. The largest absolute Gasteiger partial charge is 0.486 e. The molecule has 2 aromatic carbocycles. The van der Waals surface area contributed by atoms with Crippen molar-refractivity contribution < 1.29 is 14.3 Å². The van der Waals surface area contributed by atoms with Gasteiger partial charge in [-0.25, -0.2) is 4.98 Å². The fourth-order valence-electron chi connectivity index (χ4n) is 4.54. The number of carbonyl (C=O) groups excluding carboxylic acids is 1. The fourth-order valence-corrected chi connectivity index (χ4v) is 5.38. The van der Waals surface area contributed by atoms with Gasteiger partial charge in [0.1, 0.15) is 23.8 Å². The maximum Gasteiger partial charge on any atom is 0.230 e. The van der Waals surface area contributed by atoms with Crippen LogP contribution in [0.2, 0.25) is 0 Å². The van der Waals surface area contributed by atoms with Gasteiger partial charge in [-0.05, 0) is 55.9 Å². The van der Waals surface area contributed by atoms with Crippen LogP contribution in [0.3, 0.4) is 0 Å². The summed E-state index contributed by atoms with van der Waals surface area (Å²) in [6.07, 6.45) is 3.72. The highest BCUT2D eigenvalue weighted by molar-refractivity contribution is 8.00. The topological polar surface area (TPSA) is 84.2 Å². The molecule has 0 unspecified atom stereocenters. The third-order valence-electron chi connectivity index (χ3n) is 6.35. The average Bonchev–Trinajstić information content (AvgIpc) is 2.90. The molecule has 1 atom stereocenters. The zero-order valence-electron chi connectivity index (χ0n) is 19.7. The average molecular weight is 486 g/mol. The van der Waals surface area contributed by atoms with E-state index in [9.17, 15) is 10.1 Å².